The Balaban J connectivity index is 1.74. The molecular formula is C19H25N3O2S2. The van der Waals surface area contributed by atoms with Gasteiger partial charge in [-0.05, 0) is 57.3 Å². The summed E-state index contributed by atoms with van der Waals surface area (Å²) in [5, 5.41) is 2.07. The highest BCUT2D eigenvalue weighted by atomic mass is 32.2. The van der Waals surface area contributed by atoms with E-state index in [9.17, 15) is 4.79 Å². The van der Waals surface area contributed by atoms with E-state index < -0.39 is 0 Å². The molecule has 0 aromatic carbocycles. The van der Waals surface area contributed by atoms with E-state index in [0.29, 0.717) is 13.2 Å². The third kappa shape index (κ3) is 3.31. The standard InChI is InChI=1S/C19H25N3O2S2/c1-3-24-18(23)12-7-6-10-22(11-12)16-15-13-8-4-5-9-14(13)26-17(15)21-19(20-16)25-2/h12H,3-11H2,1-2H3. The van der Waals surface area contributed by atoms with Crippen molar-refractivity contribution in [3.05, 3.63) is 10.4 Å². The fourth-order valence-corrected chi connectivity index (χ4v) is 5.74. The number of aryl methyl sites for hydroxylation is 2. The molecule has 3 heterocycles. The van der Waals surface area contributed by atoms with Gasteiger partial charge in [-0.3, -0.25) is 4.79 Å². The first-order valence-corrected chi connectivity index (χ1v) is 11.5. The molecule has 0 spiro atoms. The number of fused-ring (bicyclic) bond motifs is 3. The van der Waals surface area contributed by atoms with Crippen LogP contribution in [0.2, 0.25) is 0 Å². The van der Waals surface area contributed by atoms with E-state index in [-0.39, 0.29) is 11.9 Å². The average molecular weight is 392 g/mol. The lowest BCUT2D eigenvalue weighted by atomic mass is 9.95. The molecule has 4 rings (SSSR count). The van der Waals surface area contributed by atoms with Crippen molar-refractivity contribution in [3.8, 4) is 0 Å². The molecule has 1 atom stereocenters. The van der Waals surface area contributed by atoms with E-state index in [1.165, 1.54) is 28.7 Å². The highest BCUT2D eigenvalue weighted by Gasteiger charge is 2.30. The fraction of sp³-hybridized carbons (Fsp3) is 0.632. The Bertz CT molecular complexity index is 821. The molecule has 2 aromatic heterocycles. The predicted octanol–water partition coefficient (Wildman–Crippen LogP) is 4.07. The van der Waals surface area contributed by atoms with Crippen molar-refractivity contribution >= 4 is 45.1 Å². The molecule has 0 radical (unpaired) electrons. The first-order valence-electron chi connectivity index (χ1n) is 9.49. The van der Waals surface area contributed by atoms with E-state index >= 15 is 0 Å². The Morgan fingerprint density at radius 3 is 2.96 bits per heavy atom. The normalized spacial score (nSPS) is 20.2. The monoisotopic (exact) mass is 391 g/mol. The summed E-state index contributed by atoms with van der Waals surface area (Å²) in [6.07, 6.45) is 8.72. The molecule has 1 unspecified atom stereocenters. The molecule has 5 nitrogen and oxygen atoms in total. The van der Waals surface area contributed by atoms with Gasteiger partial charge in [0.2, 0.25) is 0 Å². The molecule has 1 aliphatic heterocycles. The molecule has 0 saturated carbocycles. The van der Waals surface area contributed by atoms with Gasteiger partial charge in [0.05, 0.1) is 17.9 Å². The Labute approximate surface area is 162 Å². The summed E-state index contributed by atoms with van der Waals surface area (Å²) in [5.74, 6) is 0.911. The Hall–Kier alpha value is -1.34. The molecular weight excluding hydrogens is 366 g/mol. The smallest absolute Gasteiger partial charge is 0.310 e. The van der Waals surface area contributed by atoms with Crippen LogP contribution in [-0.4, -0.2) is 41.9 Å². The van der Waals surface area contributed by atoms with Crippen LogP contribution in [0.25, 0.3) is 10.2 Å². The first-order chi connectivity index (χ1) is 12.7. The van der Waals surface area contributed by atoms with Crippen LogP contribution in [0.4, 0.5) is 5.82 Å². The number of hydrogen-bond acceptors (Lipinski definition) is 7. The minimum atomic E-state index is -0.0695. The van der Waals surface area contributed by atoms with Gasteiger partial charge in [0.1, 0.15) is 10.6 Å². The van der Waals surface area contributed by atoms with Gasteiger partial charge in [-0.2, -0.15) is 0 Å². The number of thiophene rings is 1. The number of aromatic nitrogens is 2. The van der Waals surface area contributed by atoms with Gasteiger partial charge in [0.25, 0.3) is 0 Å². The molecule has 0 bridgehead atoms. The van der Waals surface area contributed by atoms with Crippen molar-refractivity contribution in [2.75, 3.05) is 30.9 Å². The molecule has 1 saturated heterocycles. The number of thioether (sulfide) groups is 1. The third-order valence-electron chi connectivity index (χ3n) is 5.30. The second-order valence-electron chi connectivity index (χ2n) is 6.96. The maximum atomic E-state index is 12.3. The number of rotatable bonds is 4. The van der Waals surface area contributed by atoms with Crippen LogP contribution >= 0.6 is 23.1 Å². The lowest BCUT2D eigenvalue weighted by molar-refractivity contribution is -0.148. The highest BCUT2D eigenvalue weighted by molar-refractivity contribution is 7.98. The second kappa shape index (κ2) is 7.72. The van der Waals surface area contributed by atoms with E-state index in [0.717, 1.165) is 48.0 Å². The van der Waals surface area contributed by atoms with Gasteiger partial charge in [-0.1, -0.05) is 11.8 Å². The number of esters is 1. The van der Waals surface area contributed by atoms with E-state index in [4.69, 9.17) is 14.7 Å². The molecule has 2 aromatic rings. The Kier molecular flexibility index (Phi) is 5.36. The Morgan fingerprint density at radius 2 is 2.15 bits per heavy atom. The molecule has 0 N–H and O–H groups in total. The van der Waals surface area contributed by atoms with Gasteiger partial charge in [-0.25, -0.2) is 9.97 Å². The Morgan fingerprint density at radius 1 is 1.31 bits per heavy atom. The van der Waals surface area contributed by atoms with Gasteiger partial charge < -0.3 is 9.64 Å². The van der Waals surface area contributed by atoms with Crippen LogP contribution < -0.4 is 4.90 Å². The van der Waals surface area contributed by atoms with Gasteiger partial charge in [0.15, 0.2) is 5.16 Å². The minimum Gasteiger partial charge on any atom is -0.466 e. The number of anilines is 1. The summed E-state index contributed by atoms with van der Waals surface area (Å²) in [5.41, 5.74) is 1.46. The summed E-state index contributed by atoms with van der Waals surface area (Å²) in [6.45, 7) is 3.96. The van der Waals surface area contributed by atoms with Crippen molar-refractivity contribution in [2.24, 2.45) is 5.92 Å². The van der Waals surface area contributed by atoms with Crippen molar-refractivity contribution in [1.29, 1.82) is 0 Å². The number of hydrogen-bond donors (Lipinski definition) is 0. The van der Waals surface area contributed by atoms with Gasteiger partial charge in [0, 0.05) is 18.0 Å². The molecule has 1 fully saturated rings. The largest absolute Gasteiger partial charge is 0.466 e. The zero-order valence-corrected chi connectivity index (χ0v) is 17.0. The maximum absolute atomic E-state index is 12.3. The van der Waals surface area contributed by atoms with E-state index in [1.54, 1.807) is 11.8 Å². The maximum Gasteiger partial charge on any atom is 0.310 e. The van der Waals surface area contributed by atoms with Crippen LogP contribution in [0, 0.1) is 5.92 Å². The lowest BCUT2D eigenvalue weighted by Gasteiger charge is -2.33. The van der Waals surface area contributed by atoms with Crippen LogP contribution in [0.3, 0.4) is 0 Å². The quantitative estimate of drug-likeness (QED) is 0.445. The van der Waals surface area contributed by atoms with Crippen molar-refractivity contribution in [1.82, 2.24) is 9.97 Å². The van der Waals surface area contributed by atoms with Crippen LogP contribution in [0.5, 0.6) is 0 Å². The van der Waals surface area contributed by atoms with E-state index in [1.807, 2.05) is 24.5 Å². The summed E-state index contributed by atoms with van der Waals surface area (Å²) < 4.78 is 5.27. The zero-order chi connectivity index (χ0) is 18.1. The molecule has 7 heteroatoms. The summed E-state index contributed by atoms with van der Waals surface area (Å²) >= 11 is 3.43. The summed E-state index contributed by atoms with van der Waals surface area (Å²) in [6, 6.07) is 0. The number of carbonyl (C=O) groups is 1. The van der Waals surface area contributed by atoms with E-state index in [2.05, 4.69) is 4.90 Å². The third-order valence-corrected chi connectivity index (χ3v) is 7.03. The van der Waals surface area contributed by atoms with Crippen molar-refractivity contribution in [2.45, 2.75) is 50.6 Å². The number of carbonyl (C=O) groups excluding carboxylic acids is 1. The number of nitrogens with zero attached hydrogens (tertiary/aromatic N) is 3. The SMILES string of the molecule is CCOC(=O)C1CCCN(c2nc(SC)nc3sc4c(c23)CCCC4)C1. The first kappa shape index (κ1) is 18.0. The van der Waals surface area contributed by atoms with Crippen LogP contribution in [0.1, 0.15) is 43.0 Å². The number of piperidine rings is 1. The van der Waals surface area contributed by atoms with Gasteiger partial charge >= 0.3 is 5.97 Å². The topological polar surface area (TPSA) is 55.3 Å². The van der Waals surface area contributed by atoms with Crippen molar-refractivity contribution in [3.63, 3.8) is 0 Å². The molecule has 0 amide bonds. The molecule has 1 aliphatic carbocycles. The van der Waals surface area contributed by atoms with Crippen LogP contribution in [-0.2, 0) is 22.4 Å². The lowest BCUT2D eigenvalue weighted by Crippen LogP contribution is -2.40. The molecule has 140 valence electrons. The highest BCUT2D eigenvalue weighted by Crippen LogP contribution is 2.41. The van der Waals surface area contributed by atoms with Gasteiger partial charge in [-0.15, -0.1) is 11.3 Å². The molecule has 26 heavy (non-hydrogen) atoms. The molecule has 2 aliphatic rings. The summed E-state index contributed by atoms with van der Waals surface area (Å²) in [7, 11) is 0. The zero-order valence-electron chi connectivity index (χ0n) is 15.4. The predicted molar refractivity (Wildman–Crippen MR) is 107 cm³/mol. The van der Waals surface area contributed by atoms with Crippen LogP contribution in [0.15, 0.2) is 5.16 Å². The average Bonchev–Trinajstić information content (AvgIpc) is 3.06. The number of ether oxygens (including phenoxy) is 1. The second-order valence-corrected chi connectivity index (χ2v) is 8.82. The summed E-state index contributed by atoms with van der Waals surface area (Å²) in [4.78, 5) is 26.8. The minimum absolute atomic E-state index is 0.0547. The van der Waals surface area contributed by atoms with Crippen molar-refractivity contribution < 1.29 is 9.53 Å². The fourth-order valence-electron chi connectivity index (χ4n) is 4.06.